The predicted octanol–water partition coefficient (Wildman–Crippen LogP) is 4.28. The van der Waals surface area contributed by atoms with Gasteiger partial charge in [-0.3, -0.25) is 4.98 Å². The molecule has 0 amide bonds. The maximum atomic E-state index is 12.8. The van der Waals surface area contributed by atoms with Crippen LogP contribution < -0.4 is 4.74 Å². The van der Waals surface area contributed by atoms with E-state index in [1.807, 2.05) is 44.1 Å². The van der Waals surface area contributed by atoms with Gasteiger partial charge in [0.1, 0.15) is 10.5 Å². The number of aryl methyl sites for hydroxylation is 1. The molecule has 0 aliphatic rings. The zero-order valence-corrected chi connectivity index (χ0v) is 16.5. The Morgan fingerprint density at radius 3 is 2.43 bits per heavy atom. The van der Waals surface area contributed by atoms with Crippen molar-refractivity contribution >= 4 is 11.4 Å². The van der Waals surface area contributed by atoms with Gasteiger partial charge in [0.2, 0.25) is 0 Å². The summed E-state index contributed by atoms with van der Waals surface area (Å²) < 4.78 is 19.9. The van der Waals surface area contributed by atoms with Gasteiger partial charge in [0.15, 0.2) is 0 Å². The zero-order chi connectivity index (χ0) is 17.6. The number of nitrogens with zero attached hydrogens (tertiary/aromatic N) is 2. The Morgan fingerprint density at radius 1 is 1.30 bits per heavy atom. The molecule has 132 valence electrons. The largest absolute Gasteiger partial charge is 0.597 e. The molecule has 0 aromatic carbocycles. The third-order valence-corrected chi connectivity index (χ3v) is 5.90. The molecule has 0 N–H and O–H groups in total. The van der Waals surface area contributed by atoms with Crippen LogP contribution in [0.4, 0.5) is 0 Å². The van der Waals surface area contributed by atoms with Crippen LogP contribution >= 0.6 is 0 Å². The molecule has 0 spiro atoms. The minimum absolute atomic E-state index is 0.00587. The molecule has 0 saturated heterocycles. The van der Waals surface area contributed by atoms with E-state index in [1.165, 1.54) is 0 Å². The molecule has 0 fully saturated rings. The Balaban J connectivity index is 3.07. The second-order valence-electron chi connectivity index (χ2n) is 6.76. The summed E-state index contributed by atoms with van der Waals surface area (Å²) in [6.07, 6.45) is 3.13. The third kappa shape index (κ3) is 5.37. The summed E-state index contributed by atoms with van der Waals surface area (Å²) in [6, 6.07) is 3.98. The van der Waals surface area contributed by atoms with Crippen molar-refractivity contribution in [3.8, 4) is 5.75 Å². The average molecular weight is 341 g/mol. The van der Waals surface area contributed by atoms with E-state index in [9.17, 15) is 4.55 Å². The zero-order valence-electron chi connectivity index (χ0n) is 15.7. The summed E-state index contributed by atoms with van der Waals surface area (Å²) in [7, 11) is 1.68. The second kappa shape index (κ2) is 8.90. The molecule has 1 unspecified atom stereocenters. The summed E-state index contributed by atoms with van der Waals surface area (Å²) in [6.45, 7) is 13.0. The number of hydrogen-bond acceptors (Lipinski definition) is 4. The highest BCUT2D eigenvalue weighted by atomic mass is 32.2. The molecule has 1 rings (SSSR count). The molecule has 1 aromatic heterocycles. The van der Waals surface area contributed by atoms with E-state index in [0.29, 0.717) is 0 Å². The fourth-order valence-corrected chi connectivity index (χ4v) is 3.81. The average Bonchev–Trinajstić information content (AvgIpc) is 2.52. The highest BCUT2D eigenvalue weighted by Crippen LogP contribution is 2.30. The van der Waals surface area contributed by atoms with Crippen LogP contribution in [0.2, 0.25) is 0 Å². The first-order valence-corrected chi connectivity index (χ1v) is 9.59. The molecule has 5 heteroatoms. The topological polar surface area (TPSA) is 48.4 Å². The van der Waals surface area contributed by atoms with Gasteiger partial charge in [0.05, 0.1) is 24.5 Å². The summed E-state index contributed by atoms with van der Waals surface area (Å²) in [4.78, 5) is 4.81. The van der Waals surface area contributed by atoms with Gasteiger partial charge < -0.3 is 9.29 Å². The number of ether oxygens (including phenoxy) is 1. The molecule has 0 saturated carbocycles. The van der Waals surface area contributed by atoms with E-state index in [4.69, 9.17) is 9.72 Å². The fourth-order valence-electron chi connectivity index (χ4n) is 2.48. The Bertz CT molecular complexity index is 488. The van der Waals surface area contributed by atoms with Crippen molar-refractivity contribution in [3.05, 3.63) is 23.5 Å². The summed E-state index contributed by atoms with van der Waals surface area (Å²) in [5.74, 6) is 0.842. The minimum atomic E-state index is -1.06. The molecule has 0 aliphatic carbocycles. The maximum Gasteiger partial charge on any atom is 0.140 e. The van der Waals surface area contributed by atoms with Crippen molar-refractivity contribution in [2.24, 2.45) is 0 Å². The van der Waals surface area contributed by atoms with Crippen LogP contribution in [0, 0.1) is 0 Å². The first kappa shape index (κ1) is 20.3. The molecular formula is C18H32N2O2S. The lowest BCUT2D eigenvalue weighted by molar-refractivity contribution is 0.337. The van der Waals surface area contributed by atoms with Gasteiger partial charge in [-0.2, -0.15) is 0 Å². The lowest BCUT2D eigenvalue weighted by atomic mass is 10.1. The Kier molecular flexibility index (Phi) is 7.84. The Morgan fingerprint density at radius 2 is 1.96 bits per heavy atom. The van der Waals surface area contributed by atoms with Gasteiger partial charge in [0.25, 0.3) is 0 Å². The number of methoxy groups -OCH3 is 1. The standard InChI is InChI=1S/C18H32N2O2S/c1-8-10-11-16-17(22-7)13-12-15(19-16)14(3)20(9-2)23(21)18(4,5)6/h12-14H,8-11H2,1-7H3/t14-,23?/m1/s1. The summed E-state index contributed by atoms with van der Waals surface area (Å²) in [5.41, 5.74) is 1.95. The van der Waals surface area contributed by atoms with Crippen LogP contribution in [0.3, 0.4) is 0 Å². The van der Waals surface area contributed by atoms with Crippen LogP contribution in [0.15, 0.2) is 12.1 Å². The molecule has 4 nitrogen and oxygen atoms in total. The number of unbranched alkanes of at least 4 members (excludes halogenated alkanes) is 1. The monoisotopic (exact) mass is 340 g/mol. The lowest BCUT2D eigenvalue weighted by Gasteiger charge is -2.35. The second-order valence-corrected chi connectivity index (χ2v) is 8.95. The molecule has 0 aliphatic heterocycles. The normalized spacial score (nSPS) is 14.8. The van der Waals surface area contributed by atoms with Gasteiger partial charge in [-0.1, -0.05) is 13.3 Å². The molecule has 0 bridgehead atoms. The molecular weight excluding hydrogens is 308 g/mol. The van der Waals surface area contributed by atoms with Crippen molar-refractivity contribution in [3.63, 3.8) is 0 Å². The number of hydrogen-bond donors (Lipinski definition) is 0. The highest BCUT2D eigenvalue weighted by molar-refractivity contribution is 7.90. The maximum absolute atomic E-state index is 12.8. The van der Waals surface area contributed by atoms with Crippen LogP contribution in [-0.2, 0) is 17.8 Å². The number of pyridine rings is 1. The van der Waals surface area contributed by atoms with Gasteiger partial charge >= 0.3 is 0 Å². The first-order valence-electron chi connectivity index (χ1n) is 8.48. The van der Waals surface area contributed by atoms with E-state index in [1.54, 1.807) is 7.11 Å². The molecule has 2 atom stereocenters. The quantitative estimate of drug-likeness (QED) is 0.663. The molecule has 23 heavy (non-hydrogen) atoms. The van der Waals surface area contributed by atoms with Crippen LogP contribution in [0.1, 0.15) is 71.8 Å². The SMILES string of the molecule is CCCCc1nc([C@@H](C)N(CC)[S+]([O-])C(C)(C)C)ccc1OC. The van der Waals surface area contributed by atoms with Crippen molar-refractivity contribution in [1.82, 2.24) is 9.29 Å². The molecule has 1 aromatic rings. The van der Waals surface area contributed by atoms with Crippen molar-refractivity contribution in [1.29, 1.82) is 0 Å². The Hall–Kier alpha value is -0.780. The van der Waals surface area contributed by atoms with Gasteiger partial charge in [-0.05, 0) is 59.6 Å². The van der Waals surface area contributed by atoms with Crippen LogP contribution in [-0.4, -0.2) is 32.2 Å². The van der Waals surface area contributed by atoms with E-state index in [0.717, 1.165) is 42.9 Å². The van der Waals surface area contributed by atoms with E-state index in [2.05, 4.69) is 13.8 Å². The number of aromatic nitrogens is 1. The van der Waals surface area contributed by atoms with E-state index in [-0.39, 0.29) is 10.8 Å². The third-order valence-electron chi connectivity index (χ3n) is 3.85. The summed E-state index contributed by atoms with van der Waals surface area (Å²) in [5, 5.41) is 0. The van der Waals surface area contributed by atoms with Crippen molar-refractivity contribution < 1.29 is 9.29 Å². The number of rotatable bonds is 8. The van der Waals surface area contributed by atoms with Crippen molar-refractivity contribution in [2.75, 3.05) is 13.7 Å². The fraction of sp³-hybridized carbons (Fsp3) is 0.722. The highest BCUT2D eigenvalue weighted by Gasteiger charge is 2.36. The van der Waals surface area contributed by atoms with E-state index < -0.39 is 11.4 Å². The Labute approximate surface area is 144 Å². The van der Waals surface area contributed by atoms with Gasteiger partial charge in [-0.25, -0.2) is 0 Å². The molecule has 0 radical (unpaired) electrons. The first-order chi connectivity index (χ1) is 10.8. The lowest BCUT2D eigenvalue weighted by Crippen LogP contribution is -2.44. The van der Waals surface area contributed by atoms with Gasteiger partial charge in [0, 0.05) is 17.9 Å². The van der Waals surface area contributed by atoms with Crippen molar-refractivity contribution in [2.45, 2.75) is 71.6 Å². The van der Waals surface area contributed by atoms with E-state index >= 15 is 0 Å². The summed E-state index contributed by atoms with van der Waals surface area (Å²) >= 11 is -1.06. The predicted molar refractivity (Wildman–Crippen MR) is 98.1 cm³/mol. The molecule has 1 heterocycles. The minimum Gasteiger partial charge on any atom is -0.597 e. The van der Waals surface area contributed by atoms with Crippen LogP contribution in [0.5, 0.6) is 5.75 Å². The van der Waals surface area contributed by atoms with Gasteiger partial charge in [-0.15, -0.1) is 4.31 Å². The smallest absolute Gasteiger partial charge is 0.140 e. The van der Waals surface area contributed by atoms with Crippen LogP contribution in [0.25, 0.3) is 0 Å².